The van der Waals surface area contributed by atoms with Crippen LogP contribution in [0, 0.1) is 20.8 Å². The van der Waals surface area contributed by atoms with Crippen LogP contribution in [-0.2, 0) is 0 Å². The number of aromatic nitrogens is 3. The van der Waals surface area contributed by atoms with Gasteiger partial charge in [-0.05, 0) is 32.4 Å². The molecule has 3 heterocycles. The molecule has 3 rings (SSSR count). The van der Waals surface area contributed by atoms with Crippen LogP contribution in [0.2, 0.25) is 0 Å². The van der Waals surface area contributed by atoms with Crippen LogP contribution in [0.4, 0.5) is 11.5 Å². The van der Waals surface area contributed by atoms with Gasteiger partial charge in [-0.15, -0.1) is 11.3 Å². The minimum absolute atomic E-state index is 0.590. The summed E-state index contributed by atoms with van der Waals surface area (Å²) < 4.78 is 5.07. The van der Waals surface area contributed by atoms with Crippen molar-refractivity contribution in [1.82, 2.24) is 15.0 Å². The van der Waals surface area contributed by atoms with E-state index in [1.54, 1.807) is 24.6 Å². The van der Waals surface area contributed by atoms with E-state index in [9.17, 15) is 0 Å². The van der Waals surface area contributed by atoms with Crippen LogP contribution in [0.3, 0.4) is 0 Å². The van der Waals surface area contributed by atoms with Crippen molar-refractivity contribution in [1.29, 1.82) is 0 Å². The zero-order chi connectivity index (χ0) is 15.0. The summed E-state index contributed by atoms with van der Waals surface area (Å²) in [5, 5.41) is 4.41. The summed E-state index contributed by atoms with van der Waals surface area (Å²) in [4.78, 5) is 15.5. The van der Waals surface area contributed by atoms with Crippen LogP contribution in [0.25, 0.3) is 10.2 Å². The lowest BCUT2D eigenvalue weighted by molar-refractivity contribution is 0.398. The Labute approximate surface area is 127 Å². The highest BCUT2D eigenvalue weighted by Crippen LogP contribution is 2.34. The molecule has 0 spiro atoms. The molecular weight excluding hydrogens is 284 g/mol. The van der Waals surface area contributed by atoms with Crippen LogP contribution in [-0.4, -0.2) is 22.1 Å². The number of fused-ring (bicyclic) bond motifs is 1. The summed E-state index contributed by atoms with van der Waals surface area (Å²) in [5.41, 5.74) is 2.09. The van der Waals surface area contributed by atoms with Gasteiger partial charge in [-0.25, -0.2) is 15.0 Å². The van der Waals surface area contributed by atoms with Gasteiger partial charge < -0.3 is 10.1 Å². The number of hydrogen-bond acceptors (Lipinski definition) is 6. The molecule has 0 bridgehead atoms. The van der Waals surface area contributed by atoms with Crippen molar-refractivity contribution < 1.29 is 4.74 Å². The summed E-state index contributed by atoms with van der Waals surface area (Å²) in [6.07, 6.45) is 1.73. The van der Waals surface area contributed by atoms with E-state index in [0.717, 1.165) is 27.5 Å². The van der Waals surface area contributed by atoms with Gasteiger partial charge in [0.1, 0.15) is 16.5 Å². The third kappa shape index (κ3) is 2.54. The van der Waals surface area contributed by atoms with Crippen molar-refractivity contribution in [3.63, 3.8) is 0 Å². The van der Waals surface area contributed by atoms with E-state index in [4.69, 9.17) is 4.74 Å². The smallest absolute Gasteiger partial charge is 0.213 e. The molecule has 0 aromatic carbocycles. The van der Waals surface area contributed by atoms with E-state index < -0.39 is 0 Å². The SMILES string of the molecule is COc1ccc(Nc2nc(C)nc3sc(C)c(C)c23)cn1. The van der Waals surface area contributed by atoms with Gasteiger partial charge >= 0.3 is 0 Å². The standard InChI is InChI=1S/C15H16N4OS/c1-8-9(2)21-15-13(8)14(17-10(3)18-15)19-11-5-6-12(20-4)16-7-11/h5-7H,1-4H3,(H,17,18,19). The molecular formula is C15H16N4OS. The first-order valence-corrected chi connectivity index (χ1v) is 7.41. The average molecular weight is 300 g/mol. The van der Waals surface area contributed by atoms with E-state index in [-0.39, 0.29) is 0 Å². The van der Waals surface area contributed by atoms with Crippen LogP contribution in [0.15, 0.2) is 18.3 Å². The second-order valence-electron chi connectivity index (χ2n) is 4.80. The van der Waals surface area contributed by atoms with Crippen LogP contribution in [0.5, 0.6) is 5.88 Å². The molecule has 0 fully saturated rings. The molecule has 0 aliphatic carbocycles. The fourth-order valence-electron chi connectivity index (χ4n) is 2.16. The number of ether oxygens (including phenoxy) is 1. The average Bonchev–Trinajstić information content (AvgIpc) is 2.74. The lowest BCUT2D eigenvalue weighted by atomic mass is 10.2. The van der Waals surface area contributed by atoms with E-state index in [2.05, 4.69) is 34.1 Å². The predicted molar refractivity (Wildman–Crippen MR) is 85.7 cm³/mol. The van der Waals surface area contributed by atoms with Crippen molar-refractivity contribution in [2.24, 2.45) is 0 Å². The number of rotatable bonds is 3. The second-order valence-corrected chi connectivity index (χ2v) is 6.00. The van der Waals surface area contributed by atoms with E-state index in [1.165, 1.54) is 10.4 Å². The summed E-state index contributed by atoms with van der Waals surface area (Å²) in [5.74, 6) is 2.17. The maximum absolute atomic E-state index is 5.07. The van der Waals surface area contributed by atoms with E-state index >= 15 is 0 Å². The highest BCUT2D eigenvalue weighted by molar-refractivity contribution is 7.18. The molecule has 21 heavy (non-hydrogen) atoms. The highest BCUT2D eigenvalue weighted by Gasteiger charge is 2.13. The van der Waals surface area contributed by atoms with Gasteiger partial charge in [-0.1, -0.05) is 0 Å². The number of pyridine rings is 1. The summed E-state index contributed by atoms with van der Waals surface area (Å²) >= 11 is 1.70. The molecule has 3 aromatic heterocycles. The van der Waals surface area contributed by atoms with Crippen LogP contribution >= 0.6 is 11.3 Å². The van der Waals surface area contributed by atoms with Gasteiger partial charge in [0.25, 0.3) is 0 Å². The Bertz CT molecular complexity index is 796. The molecule has 6 heteroatoms. The number of hydrogen-bond donors (Lipinski definition) is 1. The molecule has 0 atom stereocenters. The van der Waals surface area contributed by atoms with Crippen molar-refractivity contribution in [2.75, 3.05) is 12.4 Å². The maximum Gasteiger partial charge on any atom is 0.213 e. The van der Waals surface area contributed by atoms with Crippen molar-refractivity contribution >= 4 is 33.1 Å². The Morgan fingerprint density at radius 2 is 1.95 bits per heavy atom. The van der Waals surface area contributed by atoms with Gasteiger partial charge in [0.2, 0.25) is 5.88 Å². The number of anilines is 2. The third-order valence-electron chi connectivity index (χ3n) is 3.35. The molecule has 0 amide bonds. The Morgan fingerprint density at radius 1 is 1.14 bits per heavy atom. The Hall–Kier alpha value is -2.21. The lowest BCUT2D eigenvalue weighted by Crippen LogP contribution is -1.99. The minimum Gasteiger partial charge on any atom is -0.481 e. The molecule has 0 saturated heterocycles. The molecule has 108 valence electrons. The summed E-state index contributed by atoms with van der Waals surface area (Å²) in [6.45, 7) is 6.11. The lowest BCUT2D eigenvalue weighted by Gasteiger charge is -2.08. The predicted octanol–water partition coefficient (Wildman–Crippen LogP) is 3.76. The van der Waals surface area contributed by atoms with Gasteiger partial charge in [0.05, 0.1) is 24.4 Å². The van der Waals surface area contributed by atoms with Gasteiger partial charge in [0.15, 0.2) is 0 Å². The zero-order valence-corrected chi connectivity index (χ0v) is 13.2. The highest BCUT2D eigenvalue weighted by atomic mass is 32.1. The van der Waals surface area contributed by atoms with Crippen molar-refractivity contribution in [3.8, 4) is 5.88 Å². The Balaban J connectivity index is 2.06. The number of thiophene rings is 1. The van der Waals surface area contributed by atoms with E-state index in [0.29, 0.717) is 5.88 Å². The molecule has 0 aliphatic heterocycles. The number of nitrogens with one attached hydrogen (secondary N) is 1. The Morgan fingerprint density at radius 3 is 2.62 bits per heavy atom. The fraction of sp³-hybridized carbons (Fsp3) is 0.267. The second kappa shape index (κ2) is 5.29. The molecule has 5 nitrogen and oxygen atoms in total. The fourth-order valence-corrected chi connectivity index (χ4v) is 3.23. The first kappa shape index (κ1) is 13.8. The molecule has 1 N–H and O–H groups in total. The van der Waals surface area contributed by atoms with Gasteiger partial charge in [-0.3, -0.25) is 0 Å². The largest absolute Gasteiger partial charge is 0.481 e. The van der Waals surface area contributed by atoms with Crippen LogP contribution < -0.4 is 10.1 Å². The number of methoxy groups -OCH3 is 1. The summed E-state index contributed by atoms with van der Waals surface area (Å²) in [7, 11) is 1.60. The third-order valence-corrected chi connectivity index (χ3v) is 4.45. The number of nitrogens with zero attached hydrogens (tertiary/aromatic N) is 3. The zero-order valence-electron chi connectivity index (χ0n) is 12.4. The molecule has 0 saturated carbocycles. The first-order chi connectivity index (χ1) is 10.1. The normalized spacial score (nSPS) is 10.9. The molecule has 0 unspecified atom stereocenters. The summed E-state index contributed by atoms with van der Waals surface area (Å²) in [6, 6.07) is 3.74. The quantitative estimate of drug-likeness (QED) is 0.798. The van der Waals surface area contributed by atoms with Crippen molar-refractivity contribution in [3.05, 3.63) is 34.6 Å². The van der Waals surface area contributed by atoms with Gasteiger partial charge in [0, 0.05) is 10.9 Å². The topological polar surface area (TPSA) is 59.9 Å². The maximum atomic E-state index is 5.07. The van der Waals surface area contributed by atoms with E-state index in [1.807, 2.05) is 19.1 Å². The van der Waals surface area contributed by atoms with Gasteiger partial charge in [-0.2, -0.15) is 0 Å². The van der Waals surface area contributed by atoms with Crippen LogP contribution in [0.1, 0.15) is 16.3 Å². The minimum atomic E-state index is 0.590. The molecule has 3 aromatic rings. The van der Waals surface area contributed by atoms with Crippen molar-refractivity contribution in [2.45, 2.75) is 20.8 Å². The first-order valence-electron chi connectivity index (χ1n) is 6.60. The monoisotopic (exact) mass is 300 g/mol. The number of aryl methyl sites for hydroxylation is 3. The molecule has 0 radical (unpaired) electrons. The molecule has 0 aliphatic rings. The Kier molecular flexibility index (Phi) is 3.47.